The molecular weight excluding hydrogens is 518 g/mol. The van der Waals surface area contributed by atoms with Crippen molar-refractivity contribution in [1.82, 2.24) is 0 Å². The van der Waals surface area contributed by atoms with Gasteiger partial charge in [-0.25, -0.2) is 18.4 Å². The average molecular weight is 545 g/mol. The zero-order chi connectivity index (χ0) is 28.5. The number of carbonyl (C=O) groups is 3. The van der Waals surface area contributed by atoms with Crippen molar-refractivity contribution in [2.24, 2.45) is 5.73 Å². The first kappa shape index (κ1) is 28.1. The SMILES string of the molecule is NCC(C(=O)Nc1cc(C(=O)OCc2ccccc2)cc(C(=O)OCc2ccccc2)c1)c1c(F)cccc1F. The van der Waals surface area contributed by atoms with E-state index < -0.39 is 47.5 Å². The Balaban J connectivity index is 1.59. The van der Waals surface area contributed by atoms with Gasteiger partial charge in [0.25, 0.3) is 0 Å². The molecule has 0 spiro atoms. The van der Waals surface area contributed by atoms with Gasteiger partial charge in [-0.1, -0.05) is 66.7 Å². The maximum Gasteiger partial charge on any atom is 0.338 e. The molecule has 0 saturated carbocycles. The number of hydrogen-bond donors (Lipinski definition) is 2. The van der Waals surface area contributed by atoms with Gasteiger partial charge >= 0.3 is 11.9 Å². The predicted molar refractivity (Wildman–Crippen MR) is 144 cm³/mol. The zero-order valence-corrected chi connectivity index (χ0v) is 21.3. The third-order valence-corrected chi connectivity index (χ3v) is 6.00. The molecule has 40 heavy (non-hydrogen) atoms. The lowest BCUT2D eigenvalue weighted by Crippen LogP contribution is -2.29. The lowest BCUT2D eigenvalue weighted by atomic mass is 9.96. The van der Waals surface area contributed by atoms with E-state index in [2.05, 4.69) is 5.32 Å². The van der Waals surface area contributed by atoms with Crippen molar-refractivity contribution in [2.45, 2.75) is 19.1 Å². The molecule has 4 aromatic carbocycles. The third-order valence-electron chi connectivity index (χ3n) is 6.00. The van der Waals surface area contributed by atoms with E-state index in [-0.39, 0.29) is 30.0 Å². The van der Waals surface area contributed by atoms with Crippen molar-refractivity contribution in [3.63, 3.8) is 0 Å². The molecule has 1 amide bonds. The molecule has 4 rings (SSSR count). The van der Waals surface area contributed by atoms with Crippen LogP contribution in [0.15, 0.2) is 97.1 Å². The maximum atomic E-state index is 14.4. The van der Waals surface area contributed by atoms with Crippen molar-refractivity contribution in [3.05, 3.63) is 137 Å². The summed E-state index contributed by atoms with van der Waals surface area (Å²) < 4.78 is 39.5. The summed E-state index contributed by atoms with van der Waals surface area (Å²) in [5.41, 5.74) is 6.65. The number of halogens is 2. The first-order chi connectivity index (χ1) is 19.4. The Morgan fingerprint density at radius 2 is 1.18 bits per heavy atom. The highest BCUT2D eigenvalue weighted by molar-refractivity contribution is 6.01. The molecule has 0 aliphatic carbocycles. The molecule has 0 radical (unpaired) electrons. The molecule has 0 bridgehead atoms. The summed E-state index contributed by atoms with van der Waals surface area (Å²) in [6.45, 7) is -0.438. The van der Waals surface area contributed by atoms with Crippen LogP contribution < -0.4 is 11.1 Å². The fourth-order valence-corrected chi connectivity index (χ4v) is 3.98. The lowest BCUT2D eigenvalue weighted by molar-refractivity contribution is -0.117. The number of nitrogens with one attached hydrogen (secondary N) is 1. The number of carbonyl (C=O) groups excluding carboxylic acids is 3. The minimum absolute atomic E-state index is 0.0148. The Kier molecular flexibility index (Phi) is 9.32. The zero-order valence-electron chi connectivity index (χ0n) is 21.3. The normalized spacial score (nSPS) is 11.4. The van der Waals surface area contributed by atoms with Crippen LogP contribution in [0, 0.1) is 11.6 Å². The fourth-order valence-electron chi connectivity index (χ4n) is 3.98. The Morgan fingerprint density at radius 3 is 1.62 bits per heavy atom. The Labute approximate surface area is 229 Å². The van der Waals surface area contributed by atoms with E-state index in [9.17, 15) is 23.2 Å². The monoisotopic (exact) mass is 544 g/mol. The minimum Gasteiger partial charge on any atom is -0.457 e. The minimum atomic E-state index is -1.37. The molecule has 0 saturated heterocycles. The molecule has 9 heteroatoms. The van der Waals surface area contributed by atoms with Crippen LogP contribution in [-0.4, -0.2) is 24.4 Å². The van der Waals surface area contributed by atoms with E-state index in [0.717, 1.165) is 23.3 Å². The first-order valence-corrected chi connectivity index (χ1v) is 12.4. The molecule has 4 aromatic rings. The van der Waals surface area contributed by atoms with E-state index >= 15 is 0 Å². The standard InChI is InChI=1S/C31H26F2N2O5/c32-26-12-7-13-27(33)28(26)25(17-34)29(36)35-24-15-22(30(37)39-18-20-8-3-1-4-9-20)14-23(16-24)31(38)40-19-21-10-5-2-6-11-21/h1-16,25H,17-19,34H2,(H,35,36). The topological polar surface area (TPSA) is 108 Å². The second-order valence-corrected chi connectivity index (χ2v) is 8.84. The van der Waals surface area contributed by atoms with E-state index in [0.29, 0.717) is 0 Å². The van der Waals surface area contributed by atoms with E-state index in [1.165, 1.54) is 24.3 Å². The number of anilines is 1. The van der Waals surface area contributed by atoms with Crippen LogP contribution >= 0.6 is 0 Å². The van der Waals surface area contributed by atoms with Crippen LogP contribution in [0.1, 0.15) is 43.3 Å². The van der Waals surface area contributed by atoms with Crippen LogP contribution in [0.3, 0.4) is 0 Å². The smallest absolute Gasteiger partial charge is 0.338 e. The summed E-state index contributed by atoms with van der Waals surface area (Å²) in [5, 5.41) is 2.52. The van der Waals surface area contributed by atoms with Crippen molar-refractivity contribution in [3.8, 4) is 0 Å². The highest BCUT2D eigenvalue weighted by atomic mass is 19.1. The van der Waals surface area contributed by atoms with Gasteiger partial charge in [0.2, 0.25) is 5.91 Å². The van der Waals surface area contributed by atoms with E-state index in [1.807, 2.05) is 12.1 Å². The summed E-state index contributed by atoms with van der Waals surface area (Å²) in [4.78, 5) is 38.9. The van der Waals surface area contributed by atoms with Gasteiger partial charge in [-0.05, 0) is 41.5 Å². The quantitative estimate of drug-likeness (QED) is 0.260. The van der Waals surface area contributed by atoms with Crippen molar-refractivity contribution < 1.29 is 32.6 Å². The fraction of sp³-hybridized carbons (Fsp3) is 0.129. The van der Waals surface area contributed by atoms with Crippen LogP contribution in [-0.2, 0) is 27.5 Å². The molecular formula is C31H26F2N2O5. The van der Waals surface area contributed by atoms with Crippen molar-refractivity contribution in [2.75, 3.05) is 11.9 Å². The molecule has 7 nitrogen and oxygen atoms in total. The lowest BCUT2D eigenvalue weighted by Gasteiger charge is -2.17. The summed E-state index contributed by atoms with van der Waals surface area (Å²) in [6, 6.07) is 25.1. The largest absolute Gasteiger partial charge is 0.457 e. The first-order valence-electron chi connectivity index (χ1n) is 12.4. The predicted octanol–water partition coefficient (Wildman–Crippen LogP) is 5.36. The van der Waals surface area contributed by atoms with Gasteiger partial charge in [-0.2, -0.15) is 0 Å². The summed E-state index contributed by atoms with van der Waals surface area (Å²) in [6.07, 6.45) is 0. The van der Waals surface area contributed by atoms with Crippen LogP contribution in [0.4, 0.5) is 14.5 Å². The Hall–Kier alpha value is -4.89. The molecule has 3 N–H and O–H groups in total. The second kappa shape index (κ2) is 13.3. The summed E-state index contributed by atoms with van der Waals surface area (Å²) in [7, 11) is 0. The Bertz CT molecular complexity index is 1400. The number of amides is 1. The van der Waals surface area contributed by atoms with Gasteiger partial charge in [-0.3, -0.25) is 4.79 Å². The molecule has 0 aliphatic heterocycles. The molecule has 1 atom stereocenters. The van der Waals surface area contributed by atoms with Gasteiger partial charge < -0.3 is 20.5 Å². The van der Waals surface area contributed by atoms with E-state index in [1.54, 1.807) is 48.5 Å². The summed E-state index contributed by atoms with van der Waals surface area (Å²) >= 11 is 0. The van der Waals surface area contributed by atoms with Crippen LogP contribution in [0.5, 0.6) is 0 Å². The molecule has 0 fully saturated rings. The van der Waals surface area contributed by atoms with Crippen LogP contribution in [0.2, 0.25) is 0 Å². The number of nitrogens with two attached hydrogens (primary N) is 1. The number of ether oxygens (including phenoxy) is 2. The van der Waals surface area contributed by atoms with Crippen molar-refractivity contribution >= 4 is 23.5 Å². The Morgan fingerprint density at radius 1 is 0.700 bits per heavy atom. The molecule has 0 heterocycles. The van der Waals surface area contributed by atoms with E-state index in [4.69, 9.17) is 15.2 Å². The molecule has 1 unspecified atom stereocenters. The highest BCUT2D eigenvalue weighted by Crippen LogP contribution is 2.25. The number of esters is 2. The van der Waals surface area contributed by atoms with Crippen LogP contribution in [0.25, 0.3) is 0 Å². The van der Waals surface area contributed by atoms with Gasteiger partial charge in [0.15, 0.2) is 0 Å². The molecule has 0 aromatic heterocycles. The number of hydrogen-bond acceptors (Lipinski definition) is 6. The second-order valence-electron chi connectivity index (χ2n) is 8.84. The number of benzene rings is 4. The molecule has 0 aliphatic rings. The highest BCUT2D eigenvalue weighted by Gasteiger charge is 2.26. The van der Waals surface area contributed by atoms with Gasteiger partial charge in [-0.15, -0.1) is 0 Å². The van der Waals surface area contributed by atoms with Crippen molar-refractivity contribution in [1.29, 1.82) is 0 Å². The molecule has 204 valence electrons. The van der Waals surface area contributed by atoms with Gasteiger partial charge in [0.05, 0.1) is 17.0 Å². The average Bonchev–Trinajstić information content (AvgIpc) is 2.97. The maximum absolute atomic E-state index is 14.4. The van der Waals surface area contributed by atoms with Gasteiger partial charge in [0, 0.05) is 17.8 Å². The van der Waals surface area contributed by atoms with Gasteiger partial charge in [0.1, 0.15) is 24.8 Å². The summed E-state index contributed by atoms with van der Waals surface area (Å²) in [5.74, 6) is -5.56. The third kappa shape index (κ3) is 7.15. The number of rotatable bonds is 10.